The first-order valence-corrected chi connectivity index (χ1v) is 3.54. The van der Waals surface area contributed by atoms with Crippen molar-refractivity contribution in [3.63, 3.8) is 0 Å². The third kappa shape index (κ3) is 1.42. The van der Waals surface area contributed by atoms with Gasteiger partial charge >= 0.3 is 0 Å². The van der Waals surface area contributed by atoms with E-state index in [0.717, 1.165) is 5.69 Å². The quantitative estimate of drug-likeness (QED) is 0.715. The predicted molar refractivity (Wildman–Crippen MR) is 46.5 cm³/mol. The molecule has 0 saturated carbocycles. The number of nitrogens with two attached hydrogens (primary N) is 1. The molecule has 0 bridgehead atoms. The van der Waals surface area contributed by atoms with Gasteiger partial charge in [0.2, 0.25) is 5.88 Å². The average molecular weight is 168 g/mol. The lowest BCUT2D eigenvalue weighted by Crippen LogP contribution is -2.00. The monoisotopic (exact) mass is 168 g/mol. The minimum atomic E-state index is 0.409. The van der Waals surface area contributed by atoms with E-state index in [-0.39, 0.29) is 0 Å². The average Bonchev–Trinajstić information content (AvgIpc) is 2.08. The van der Waals surface area contributed by atoms with Crippen molar-refractivity contribution in [2.24, 2.45) is 0 Å². The Hall–Kier alpha value is -1.45. The number of aromatic nitrogens is 1. The molecule has 0 unspecified atom stereocenters. The van der Waals surface area contributed by atoms with Crippen LogP contribution in [0.4, 0.5) is 5.69 Å². The van der Waals surface area contributed by atoms with Crippen LogP contribution in [0.5, 0.6) is 11.6 Å². The van der Waals surface area contributed by atoms with Crippen LogP contribution < -0.4 is 15.2 Å². The Morgan fingerprint density at radius 3 is 2.50 bits per heavy atom. The number of ether oxygens (including phenoxy) is 2. The van der Waals surface area contributed by atoms with Gasteiger partial charge in [-0.2, -0.15) is 0 Å². The first-order valence-electron chi connectivity index (χ1n) is 3.54. The van der Waals surface area contributed by atoms with Crippen molar-refractivity contribution < 1.29 is 9.47 Å². The van der Waals surface area contributed by atoms with E-state index >= 15 is 0 Å². The zero-order valence-corrected chi connectivity index (χ0v) is 7.42. The summed E-state index contributed by atoms with van der Waals surface area (Å²) in [5, 5.41) is 0. The molecule has 1 aromatic heterocycles. The van der Waals surface area contributed by atoms with Gasteiger partial charge in [0, 0.05) is 11.8 Å². The summed E-state index contributed by atoms with van der Waals surface area (Å²) in [6.45, 7) is 1.85. The molecule has 0 aliphatic heterocycles. The molecule has 0 aromatic carbocycles. The molecule has 4 heteroatoms. The fourth-order valence-corrected chi connectivity index (χ4v) is 0.950. The Bertz CT molecular complexity index is 261. The summed E-state index contributed by atoms with van der Waals surface area (Å²) in [7, 11) is 3.09. The zero-order chi connectivity index (χ0) is 9.14. The van der Waals surface area contributed by atoms with Crippen LogP contribution in [-0.2, 0) is 0 Å². The molecule has 0 radical (unpaired) electrons. The van der Waals surface area contributed by atoms with E-state index in [4.69, 9.17) is 15.2 Å². The second-order valence-electron chi connectivity index (χ2n) is 2.39. The Labute approximate surface area is 71.3 Å². The highest BCUT2D eigenvalue weighted by Gasteiger charge is 2.07. The molecule has 1 aromatic rings. The number of pyridine rings is 1. The molecule has 0 amide bonds. The van der Waals surface area contributed by atoms with Crippen LogP contribution in [0.1, 0.15) is 5.69 Å². The fourth-order valence-electron chi connectivity index (χ4n) is 0.950. The Morgan fingerprint density at radius 2 is 2.00 bits per heavy atom. The van der Waals surface area contributed by atoms with Crippen molar-refractivity contribution in [3.05, 3.63) is 11.8 Å². The van der Waals surface area contributed by atoms with Gasteiger partial charge in [0.25, 0.3) is 0 Å². The van der Waals surface area contributed by atoms with Crippen molar-refractivity contribution in [1.29, 1.82) is 0 Å². The lowest BCUT2D eigenvalue weighted by atomic mass is 10.3. The number of rotatable bonds is 2. The number of hydrogen-bond donors (Lipinski definition) is 1. The van der Waals surface area contributed by atoms with Crippen molar-refractivity contribution in [1.82, 2.24) is 4.98 Å². The standard InChI is InChI=1S/C8H12N2O2/c1-5-4-6(11-2)7(9)8(10-5)12-3/h4H,9H2,1-3H3. The smallest absolute Gasteiger partial charge is 0.241 e. The minimum absolute atomic E-state index is 0.409. The van der Waals surface area contributed by atoms with Crippen LogP contribution in [-0.4, -0.2) is 19.2 Å². The predicted octanol–water partition coefficient (Wildman–Crippen LogP) is 0.989. The van der Waals surface area contributed by atoms with Crippen LogP contribution in [0.3, 0.4) is 0 Å². The van der Waals surface area contributed by atoms with Gasteiger partial charge in [-0.15, -0.1) is 0 Å². The molecule has 12 heavy (non-hydrogen) atoms. The Balaban J connectivity index is 3.22. The van der Waals surface area contributed by atoms with E-state index in [1.165, 1.54) is 7.11 Å². The maximum atomic E-state index is 5.66. The first-order chi connectivity index (χ1) is 5.69. The van der Waals surface area contributed by atoms with Gasteiger partial charge < -0.3 is 15.2 Å². The van der Waals surface area contributed by atoms with Gasteiger partial charge in [0.1, 0.15) is 11.4 Å². The number of nitrogens with zero attached hydrogens (tertiary/aromatic N) is 1. The lowest BCUT2D eigenvalue weighted by Gasteiger charge is -2.08. The van der Waals surface area contributed by atoms with Gasteiger partial charge in [-0.25, -0.2) is 4.98 Å². The van der Waals surface area contributed by atoms with Crippen molar-refractivity contribution in [3.8, 4) is 11.6 Å². The molecule has 4 nitrogen and oxygen atoms in total. The molecular weight excluding hydrogens is 156 g/mol. The van der Waals surface area contributed by atoms with E-state index < -0.39 is 0 Å². The third-order valence-corrected chi connectivity index (χ3v) is 1.53. The molecule has 0 spiro atoms. The number of aryl methyl sites for hydroxylation is 1. The highest BCUT2D eigenvalue weighted by atomic mass is 16.5. The first kappa shape index (κ1) is 8.64. The number of anilines is 1. The summed E-state index contributed by atoms with van der Waals surface area (Å²) in [5.41, 5.74) is 6.91. The largest absolute Gasteiger partial charge is 0.494 e. The van der Waals surface area contributed by atoms with Crippen molar-refractivity contribution in [2.75, 3.05) is 20.0 Å². The summed E-state index contributed by atoms with van der Waals surface area (Å²) in [4.78, 5) is 4.07. The summed E-state index contributed by atoms with van der Waals surface area (Å²) < 4.78 is 9.98. The molecule has 2 N–H and O–H groups in total. The number of nitrogen functional groups attached to an aromatic ring is 1. The molecule has 0 saturated heterocycles. The molecule has 1 rings (SSSR count). The molecule has 1 heterocycles. The second kappa shape index (κ2) is 3.30. The van der Waals surface area contributed by atoms with E-state index in [9.17, 15) is 0 Å². The van der Waals surface area contributed by atoms with Crippen LogP contribution in [0, 0.1) is 6.92 Å². The van der Waals surface area contributed by atoms with E-state index in [1.807, 2.05) is 6.92 Å². The van der Waals surface area contributed by atoms with E-state index in [2.05, 4.69) is 4.98 Å². The molecular formula is C8H12N2O2. The second-order valence-corrected chi connectivity index (χ2v) is 2.39. The lowest BCUT2D eigenvalue weighted by molar-refractivity contribution is 0.385. The number of methoxy groups -OCH3 is 2. The van der Waals surface area contributed by atoms with Gasteiger partial charge in [-0.1, -0.05) is 0 Å². The van der Waals surface area contributed by atoms with Gasteiger partial charge in [0.05, 0.1) is 14.2 Å². The fraction of sp³-hybridized carbons (Fsp3) is 0.375. The van der Waals surface area contributed by atoms with Gasteiger partial charge in [-0.3, -0.25) is 0 Å². The van der Waals surface area contributed by atoms with Gasteiger partial charge in [0.15, 0.2) is 0 Å². The van der Waals surface area contributed by atoms with E-state index in [1.54, 1.807) is 13.2 Å². The Kier molecular flexibility index (Phi) is 2.38. The molecule has 66 valence electrons. The highest BCUT2D eigenvalue weighted by Crippen LogP contribution is 2.29. The van der Waals surface area contributed by atoms with Crippen molar-refractivity contribution >= 4 is 5.69 Å². The Morgan fingerprint density at radius 1 is 1.33 bits per heavy atom. The maximum absolute atomic E-state index is 5.66. The molecule has 0 aliphatic carbocycles. The zero-order valence-electron chi connectivity index (χ0n) is 7.42. The molecule has 0 fully saturated rings. The summed E-state index contributed by atoms with van der Waals surface area (Å²) in [6, 6.07) is 1.76. The number of hydrogen-bond acceptors (Lipinski definition) is 4. The van der Waals surface area contributed by atoms with Crippen molar-refractivity contribution in [2.45, 2.75) is 6.92 Å². The summed E-state index contributed by atoms with van der Waals surface area (Å²) in [5.74, 6) is 1.01. The third-order valence-electron chi connectivity index (χ3n) is 1.53. The summed E-state index contributed by atoms with van der Waals surface area (Å²) in [6.07, 6.45) is 0. The van der Waals surface area contributed by atoms with E-state index in [0.29, 0.717) is 17.3 Å². The molecule has 0 atom stereocenters. The van der Waals surface area contributed by atoms with Crippen LogP contribution in [0.25, 0.3) is 0 Å². The van der Waals surface area contributed by atoms with Crippen LogP contribution in [0.15, 0.2) is 6.07 Å². The highest BCUT2D eigenvalue weighted by molar-refractivity contribution is 5.60. The summed E-state index contributed by atoms with van der Waals surface area (Å²) >= 11 is 0. The minimum Gasteiger partial charge on any atom is -0.494 e. The SMILES string of the molecule is COc1cc(C)nc(OC)c1N. The van der Waals surface area contributed by atoms with Gasteiger partial charge in [-0.05, 0) is 6.92 Å². The molecule has 0 aliphatic rings. The maximum Gasteiger partial charge on any atom is 0.241 e. The van der Waals surface area contributed by atoms with Crippen LogP contribution >= 0.6 is 0 Å². The topological polar surface area (TPSA) is 57.4 Å². The van der Waals surface area contributed by atoms with Crippen LogP contribution in [0.2, 0.25) is 0 Å². The normalized spacial score (nSPS) is 9.58.